The zero-order valence-corrected chi connectivity index (χ0v) is 14.5. The van der Waals surface area contributed by atoms with Gasteiger partial charge in [0.2, 0.25) is 0 Å². The second-order valence-electron chi connectivity index (χ2n) is 4.74. The van der Waals surface area contributed by atoms with Crippen molar-refractivity contribution in [3.63, 3.8) is 0 Å². The van der Waals surface area contributed by atoms with Gasteiger partial charge in [-0.2, -0.15) is 0 Å². The van der Waals surface area contributed by atoms with Gasteiger partial charge < -0.3 is 5.32 Å². The standard InChI is InChI=1S/C16H16BrCl2N/c1-3-15(11-5-4-6-12(17)8-11)20-16-9-13(18)10(2)7-14(16)19/h4-9,15,20H,3H2,1-2H3. The molecule has 0 fully saturated rings. The molecule has 2 aromatic rings. The summed E-state index contributed by atoms with van der Waals surface area (Å²) in [5, 5.41) is 4.89. The summed E-state index contributed by atoms with van der Waals surface area (Å²) in [4.78, 5) is 0. The van der Waals surface area contributed by atoms with Crippen molar-refractivity contribution in [3.8, 4) is 0 Å². The molecule has 0 bridgehead atoms. The van der Waals surface area contributed by atoms with E-state index in [-0.39, 0.29) is 6.04 Å². The van der Waals surface area contributed by atoms with Crippen LogP contribution in [-0.2, 0) is 0 Å². The Balaban J connectivity index is 2.29. The molecule has 0 aliphatic heterocycles. The van der Waals surface area contributed by atoms with Crippen LogP contribution in [0.1, 0.15) is 30.5 Å². The first kappa shape index (κ1) is 15.7. The Labute approximate surface area is 138 Å². The smallest absolute Gasteiger partial charge is 0.0641 e. The van der Waals surface area contributed by atoms with Crippen LogP contribution in [0.15, 0.2) is 40.9 Å². The van der Waals surface area contributed by atoms with E-state index in [9.17, 15) is 0 Å². The Morgan fingerprint density at radius 1 is 1.15 bits per heavy atom. The molecule has 0 aliphatic rings. The van der Waals surface area contributed by atoms with Gasteiger partial charge in [-0.15, -0.1) is 0 Å². The summed E-state index contributed by atoms with van der Waals surface area (Å²) in [6.45, 7) is 4.09. The quantitative estimate of drug-likeness (QED) is 0.635. The number of hydrogen-bond donors (Lipinski definition) is 1. The van der Waals surface area contributed by atoms with Gasteiger partial charge in [-0.25, -0.2) is 0 Å². The van der Waals surface area contributed by atoms with Crippen molar-refractivity contribution in [2.45, 2.75) is 26.3 Å². The lowest BCUT2D eigenvalue weighted by atomic mass is 10.0. The molecule has 106 valence electrons. The highest BCUT2D eigenvalue weighted by atomic mass is 79.9. The molecule has 0 saturated carbocycles. The predicted octanol–water partition coefficient (Wildman–Crippen LogP) is 6.63. The molecule has 2 rings (SSSR count). The van der Waals surface area contributed by atoms with Crippen molar-refractivity contribution in [2.75, 3.05) is 5.32 Å². The molecule has 0 aromatic heterocycles. The first-order valence-electron chi connectivity index (χ1n) is 6.49. The van der Waals surface area contributed by atoms with E-state index in [0.717, 1.165) is 27.2 Å². The third kappa shape index (κ3) is 3.69. The highest BCUT2D eigenvalue weighted by molar-refractivity contribution is 9.10. The van der Waals surface area contributed by atoms with Gasteiger partial charge in [-0.3, -0.25) is 0 Å². The average molecular weight is 373 g/mol. The second kappa shape index (κ2) is 6.84. The monoisotopic (exact) mass is 371 g/mol. The Morgan fingerprint density at radius 3 is 2.55 bits per heavy atom. The van der Waals surface area contributed by atoms with Crippen molar-refractivity contribution in [1.29, 1.82) is 0 Å². The highest BCUT2D eigenvalue weighted by Gasteiger charge is 2.12. The molecule has 0 heterocycles. The first-order chi connectivity index (χ1) is 9.51. The Hall–Kier alpha value is -0.700. The molecule has 1 atom stereocenters. The summed E-state index contributed by atoms with van der Waals surface area (Å²) in [5.74, 6) is 0. The van der Waals surface area contributed by atoms with Crippen LogP contribution < -0.4 is 5.32 Å². The van der Waals surface area contributed by atoms with E-state index in [1.54, 1.807) is 0 Å². The van der Waals surface area contributed by atoms with Gasteiger partial charge in [0, 0.05) is 9.50 Å². The molecule has 4 heteroatoms. The van der Waals surface area contributed by atoms with E-state index in [2.05, 4.69) is 40.3 Å². The molecular weight excluding hydrogens is 357 g/mol. The summed E-state index contributed by atoms with van der Waals surface area (Å²) in [6.07, 6.45) is 0.957. The van der Waals surface area contributed by atoms with Crippen molar-refractivity contribution in [3.05, 3.63) is 62.0 Å². The Kier molecular flexibility index (Phi) is 5.36. The molecular formula is C16H16BrCl2N. The molecule has 0 radical (unpaired) electrons. The lowest BCUT2D eigenvalue weighted by molar-refractivity contribution is 0.749. The SMILES string of the molecule is CCC(Nc1cc(Cl)c(C)cc1Cl)c1cccc(Br)c1. The number of hydrogen-bond acceptors (Lipinski definition) is 1. The Bertz CT molecular complexity index is 613. The highest BCUT2D eigenvalue weighted by Crippen LogP contribution is 2.32. The van der Waals surface area contributed by atoms with Gasteiger partial charge in [0.25, 0.3) is 0 Å². The minimum absolute atomic E-state index is 0.198. The zero-order valence-electron chi connectivity index (χ0n) is 11.4. The fraction of sp³-hybridized carbons (Fsp3) is 0.250. The van der Waals surface area contributed by atoms with Crippen molar-refractivity contribution in [1.82, 2.24) is 0 Å². The fourth-order valence-electron chi connectivity index (χ4n) is 2.09. The zero-order chi connectivity index (χ0) is 14.7. The van der Waals surface area contributed by atoms with Gasteiger partial charge in [0.1, 0.15) is 0 Å². The molecule has 1 N–H and O–H groups in total. The Morgan fingerprint density at radius 2 is 1.90 bits per heavy atom. The fourth-order valence-corrected chi connectivity index (χ4v) is 2.94. The van der Waals surface area contributed by atoms with E-state index in [4.69, 9.17) is 23.2 Å². The summed E-state index contributed by atoms with van der Waals surface area (Å²) < 4.78 is 1.07. The third-order valence-corrected chi connectivity index (χ3v) is 4.45. The minimum atomic E-state index is 0.198. The maximum absolute atomic E-state index is 6.29. The summed E-state index contributed by atoms with van der Waals surface area (Å²) >= 11 is 16.0. The van der Waals surface area contributed by atoms with Gasteiger partial charge in [0.15, 0.2) is 0 Å². The minimum Gasteiger partial charge on any atom is -0.377 e. The van der Waals surface area contributed by atoms with Crippen LogP contribution in [0, 0.1) is 6.92 Å². The van der Waals surface area contributed by atoms with Gasteiger partial charge in [-0.05, 0) is 48.7 Å². The van der Waals surface area contributed by atoms with Gasteiger partial charge in [-0.1, -0.05) is 58.2 Å². The van der Waals surface area contributed by atoms with Crippen LogP contribution in [0.3, 0.4) is 0 Å². The second-order valence-corrected chi connectivity index (χ2v) is 6.47. The normalized spacial score (nSPS) is 12.2. The summed E-state index contributed by atoms with van der Waals surface area (Å²) in [5.41, 5.74) is 3.07. The molecule has 0 aliphatic carbocycles. The van der Waals surface area contributed by atoms with Crippen molar-refractivity contribution >= 4 is 44.8 Å². The van der Waals surface area contributed by atoms with Crippen LogP contribution in [0.25, 0.3) is 0 Å². The molecule has 0 spiro atoms. The number of aryl methyl sites for hydroxylation is 1. The van der Waals surface area contributed by atoms with Crippen LogP contribution in [0.4, 0.5) is 5.69 Å². The van der Waals surface area contributed by atoms with Crippen LogP contribution >= 0.6 is 39.1 Å². The van der Waals surface area contributed by atoms with Crippen LogP contribution in [0.5, 0.6) is 0 Å². The molecule has 0 amide bonds. The molecule has 1 nitrogen and oxygen atoms in total. The summed E-state index contributed by atoms with van der Waals surface area (Å²) in [7, 11) is 0. The van der Waals surface area contributed by atoms with Crippen molar-refractivity contribution in [2.24, 2.45) is 0 Å². The predicted molar refractivity (Wildman–Crippen MR) is 92.0 cm³/mol. The van der Waals surface area contributed by atoms with E-state index in [0.29, 0.717) is 5.02 Å². The number of nitrogens with one attached hydrogen (secondary N) is 1. The number of rotatable bonds is 4. The van der Waals surface area contributed by atoms with E-state index < -0.39 is 0 Å². The number of halogens is 3. The number of anilines is 1. The van der Waals surface area contributed by atoms with Crippen LogP contribution in [0.2, 0.25) is 10.0 Å². The largest absolute Gasteiger partial charge is 0.377 e. The van der Waals surface area contributed by atoms with E-state index >= 15 is 0 Å². The van der Waals surface area contributed by atoms with Gasteiger partial charge >= 0.3 is 0 Å². The lowest BCUT2D eigenvalue weighted by Gasteiger charge is -2.20. The summed E-state index contributed by atoms with van der Waals surface area (Å²) in [6, 6.07) is 12.3. The van der Waals surface area contributed by atoms with E-state index in [1.807, 2.05) is 31.2 Å². The number of benzene rings is 2. The molecule has 2 aromatic carbocycles. The average Bonchev–Trinajstić information content (AvgIpc) is 2.41. The molecule has 1 unspecified atom stereocenters. The molecule has 20 heavy (non-hydrogen) atoms. The maximum atomic E-state index is 6.29. The van der Waals surface area contributed by atoms with Crippen LogP contribution in [-0.4, -0.2) is 0 Å². The van der Waals surface area contributed by atoms with Crippen molar-refractivity contribution < 1.29 is 0 Å². The van der Waals surface area contributed by atoms with Gasteiger partial charge in [0.05, 0.1) is 16.8 Å². The molecule has 0 saturated heterocycles. The maximum Gasteiger partial charge on any atom is 0.0641 e. The van der Waals surface area contributed by atoms with E-state index in [1.165, 1.54) is 5.56 Å². The topological polar surface area (TPSA) is 12.0 Å². The lowest BCUT2D eigenvalue weighted by Crippen LogP contribution is -2.10. The first-order valence-corrected chi connectivity index (χ1v) is 8.03. The third-order valence-electron chi connectivity index (χ3n) is 3.24.